The first kappa shape index (κ1) is 10.5. The highest BCUT2D eigenvalue weighted by Gasteiger charge is 2.04. The van der Waals surface area contributed by atoms with Crippen molar-refractivity contribution >= 4 is 17.3 Å². The molecule has 1 aromatic heterocycles. The zero-order chi connectivity index (χ0) is 11.4. The second kappa shape index (κ2) is 4.65. The molecule has 2 aromatic rings. The largest absolute Gasteiger partial charge is 0.477 e. The third kappa shape index (κ3) is 2.50. The monoisotopic (exact) mass is 228 g/mol. The van der Waals surface area contributed by atoms with Gasteiger partial charge in [0.05, 0.1) is 0 Å². The number of rotatable bonds is 1. The summed E-state index contributed by atoms with van der Waals surface area (Å²) in [5.74, 6) is 5.01. The summed E-state index contributed by atoms with van der Waals surface area (Å²) in [5.41, 5.74) is 1.66. The number of aromatic carboxylic acids is 1. The van der Waals surface area contributed by atoms with Gasteiger partial charge >= 0.3 is 5.97 Å². The number of carboxylic acid groups (broad SMARTS) is 1. The summed E-state index contributed by atoms with van der Waals surface area (Å²) >= 11 is 1.19. The Balaban J connectivity index is 2.21. The van der Waals surface area contributed by atoms with Crippen LogP contribution in [0, 0.1) is 11.8 Å². The van der Waals surface area contributed by atoms with Crippen LogP contribution in [0.15, 0.2) is 41.8 Å². The van der Waals surface area contributed by atoms with Crippen LogP contribution in [0.25, 0.3) is 0 Å². The second-order valence-corrected chi connectivity index (χ2v) is 4.03. The SMILES string of the molecule is O=C(O)c1cc(C#Cc2ccccc2)cs1. The van der Waals surface area contributed by atoms with E-state index in [-0.39, 0.29) is 0 Å². The lowest BCUT2D eigenvalue weighted by atomic mass is 10.2. The van der Waals surface area contributed by atoms with Gasteiger partial charge in [-0.15, -0.1) is 11.3 Å². The van der Waals surface area contributed by atoms with Crippen LogP contribution in [-0.4, -0.2) is 11.1 Å². The van der Waals surface area contributed by atoms with Crippen LogP contribution in [0.4, 0.5) is 0 Å². The van der Waals surface area contributed by atoms with Gasteiger partial charge in [0.25, 0.3) is 0 Å². The predicted molar refractivity (Wildman–Crippen MR) is 63.7 cm³/mol. The minimum Gasteiger partial charge on any atom is -0.477 e. The number of hydrogen-bond acceptors (Lipinski definition) is 2. The molecule has 0 unspecified atom stereocenters. The Hall–Kier alpha value is -2.05. The van der Waals surface area contributed by atoms with Crippen molar-refractivity contribution < 1.29 is 9.90 Å². The molecular formula is C13H8O2S. The van der Waals surface area contributed by atoms with Crippen molar-refractivity contribution in [3.05, 3.63) is 57.8 Å². The minimum absolute atomic E-state index is 0.317. The minimum atomic E-state index is -0.905. The maximum Gasteiger partial charge on any atom is 0.345 e. The van der Waals surface area contributed by atoms with Gasteiger partial charge in [0.1, 0.15) is 4.88 Å². The lowest BCUT2D eigenvalue weighted by Crippen LogP contribution is -1.89. The summed E-state index contributed by atoms with van der Waals surface area (Å²) in [6.07, 6.45) is 0. The molecule has 2 nitrogen and oxygen atoms in total. The fourth-order valence-electron chi connectivity index (χ4n) is 1.18. The topological polar surface area (TPSA) is 37.3 Å². The summed E-state index contributed by atoms with van der Waals surface area (Å²) in [5, 5.41) is 10.5. The highest BCUT2D eigenvalue weighted by atomic mass is 32.1. The molecule has 0 spiro atoms. The second-order valence-electron chi connectivity index (χ2n) is 3.12. The Morgan fingerprint density at radius 3 is 2.44 bits per heavy atom. The van der Waals surface area contributed by atoms with E-state index in [0.717, 1.165) is 11.1 Å². The van der Waals surface area contributed by atoms with Gasteiger partial charge in [-0.25, -0.2) is 4.79 Å². The van der Waals surface area contributed by atoms with E-state index in [1.807, 2.05) is 30.3 Å². The first-order valence-corrected chi connectivity index (χ1v) is 5.52. The molecule has 78 valence electrons. The Bertz CT molecular complexity index is 558. The molecule has 0 saturated carbocycles. The smallest absolute Gasteiger partial charge is 0.345 e. The average molecular weight is 228 g/mol. The van der Waals surface area contributed by atoms with Crippen LogP contribution in [0.5, 0.6) is 0 Å². The van der Waals surface area contributed by atoms with E-state index < -0.39 is 5.97 Å². The van der Waals surface area contributed by atoms with E-state index in [9.17, 15) is 4.79 Å². The lowest BCUT2D eigenvalue weighted by Gasteiger charge is -1.85. The Morgan fingerprint density at radius 1 is 1.12 bits per heavy atom. The van der Waals surface area contributed by atoms with Crippen LogP contribution in [-0.2, 0) is 0 Å². The summed E-state index contributed by atoms with van der Waals surface area (Å²) < 4.78 is 0. The van der Waals surface area contributed by atoms with Gasteiger partial charge in [-0.1, -0.05) is 30.0 Å². The third-order valence-electron chi connectivity index (χ3n) is 1.94. The number of hydrogen-bond donors (Lipinski definition) is 1. The quantitative estimate of drug-likeness (QED) is 0.762. The van der Waals surface area contributed by atoms with Crippen LogP contribution in [0.3, 0.4) is 0 Å². The molecule has 1 aromatic carbocycles. The first-order valence-electron chi connectivity index (χ1n) is 4.64. The van der Waals surface area contributed by atoms with E-state index in [2.05, 4.69) is 11.8 Å². The van der Waals surface area contributed by atoms with Crippen molar-refractivity contribution in [1.82, 2.24) is 0 Å². The van der Waals surface area contributed by atoms with Crippen LogP contribution >= 0.6 is 11.3 Å². The van der Waals surface area contributed by atoms with Gasteiger partial charge < -0.3 is 5.11 Å². The Morgan fingerprint density at radius 2 is 1.81 bits per heavy atom. The zero-order valence-electron chi connectivity index (χ0n) is 8.31. The number of thiophene rings is 1. The molecule has 0 aliphatic rings. The van der Waals surface area contributed by atoms with Gasteiger partial charge in [0.15, 0.2) is 0 Å². The molecule has 0 amide bonds. The summed E-state index contributed by atoms with van der Waals surface area (Å²) in [6, 6.07) is 11.2. The molecule has 2 rings (SSSR count). The summed E-state index contributed by atoms with van der Waals surface area (Å²) in [4.78, 5) is 11.0. The van der Waals surface area contributed by atoms with Crippen molar-refractivity contribution in [2.24, 2.45) is 0 Å². The molecule has 0 radical (unpaired) electrons. The number of carbonyl (C=O) groups is 1. The standard InChI is InChI=1S/C13H8O2S/c14-13(15)12-8-11(9-16-12)7-6-10-4-2-1-3-5-10/h1-5,8-9H,(H,14,15). The maximum atomic E-state index is 10.7. The highest BCUT2D eigenvalue weighted by molar-refractivity contribution is 7.12. The molecule has 0 fully saturated rings. The molecule has 0 atom stereocenters. The van der Waals surface area contributed by atoms with Gasteiger partial charge in [-0.2, -0.15) is 0 Å². The third-order valence-corrected chi connectivity index (χ3v) is 2.85. The van der Waals surface area contributed by atoms with E-state index in [0.29, 0.717) is 4.88 Å². The van der Waals surface area contributed by atoms with Crippen LogP contribution < -0.4 is 0 Å². The number of benzene rings is 1. The van der Waals surface area contributed by atoms with Crippen molar-refractivity contribution in [2.75, 3.05) is 0 Å². The molecule has 0 aliphatic heterocycles. The Kier molecular flexibility index (Phi) is 3.04. The highest BCUT2D eigenvalue weighted by Crippen LogP contribution is 2.13. The van der Waals surface area contributed by atoms with Gasteiger partial charge in [0, 0.05) is 16.5 Å². The van der Waals surface area contributed by atoms with E-state index in [1.165, 1.54) is 11.3 Å². The van der Waals surface area contributed by atoms with Gasteiger partial charge in [0.2, 0.25) is 0 Å². The van der Waals surface area contributed by atoms with Crippen molar-refractivity contribution in [3.63, 3.8) is 0 Å². The molecule has 1 heterocycles. The maximum absolute atomic E-state index is 10.7. The average Bonchev–Trinajstić information content (AvgIpc) is 2.76. The normalized spacial score (nSPS) is 9.25. The summed E-state index contributed by atoms with van der Waals surface area (Å²) in [7, 11) is 0. The van der Waals surface area contributed by atoms with E-state index in [1.54, 1.807) is 11.4 Å². The molecule has 0 saturated heterocycles. The fraction of sp³-hybridized carbons (Fsp3) is 0. The lowest BCUT2D eigenvalue weighted by molar-refractivity contribution is 0.0702. The summed E-state index contributed by atoms with van der Waals surface area (Å²) in [6.45, 7) is 0. The van der Waals surface area contributed by atoms with E-state index in [4.69, 9.17) is 5.11 Å². The first-order chi connectivity index (χ1) is 7.75. The molecular weight excluding hydrogens is 220 g/mol. The fourth-order valence-corrected chi connectivity index (χ4v) is 1.86. The Labute approximate surface area is 97.2 Å². The molecule has 16 heavy (non-hydrogen) atoms. The predicted octanol–water partition coefficient (Wildman–Crippen LogP) is 2.85. The van der Waals surface area contributed by atoms with E-state index >= 15 is 0 Å². The molecule has 0 bridgehead atoms. The van der Waals surface area contributed by atoms with Crippen molar-refractivity contribution in [2.45, 2.75) is 0 Å². The molecule has 1 N–H and O–H groups in total. The van der Waals surface area contributed by atoms with Crippen molar-refractivity contribution in [3.8, 4) is 11.8 Å². The number of carboxylic acids is 1. The van der Waals surface area contributed by atoms with Crippen LogP contribution in [0.2, 0.25) is 0 Å². The van der Waals surface area contributed by atoms with Crippen molar-refractivity contribution in [1.29, 1.82) is 0 Å². The van der Waals surface area contributed by atoms with Gasteiger partial charge in [-0.05, 0) is 18.2 Å². The zero-order valence-corrected chi connectivity index (χ0v) is 9.12. The van der Waals surface area contributed by atoms with Crippen LogP contribution in [0.1, 0.15) is 20.8 Å². The molecule has 3 heteroatoms. The molecule has 0 aliphatic carbocycles. The van der Waals surface area contributed by atoms with Gasteiger partial charge in [-0.3, -0.25) is 0 Å².